The van der Waals surface area contributed by atoms with E-state index in [2.05, 4.69) is 42.2 Å². The van der Waals surface area contributed by atoms with Gasteiger partial charge in [-0.25, -0.2) is 9.50 Å². The molecule has 0 saturated heterocycles. The number of nitrogens with one attached hydrogen (secondary N) is 1. The number of nitrogens with zero attached hydrogens (tertiary/aromatic N) is 3. The maximum absolute atomic E-state index is 4.66. The zero-order valence-electron chi connectivity index (χ0n) is 12.7. The molecule has 0 aromatic carbocycles. The van der Waals surface area contributed by atoms with Gasteiger partial charge in [0.1, 0.15) is 5.52 Å². The number of rotatable bonds is 3. The van der Waals surface area contributed by atoms with Gasteiger partial charge in [0.2, 0.25) is 0 Å². The minimum atomic E-state index is 0.0642. The monoisotopic (exact) mass is 272 g/mol. The van der Waals surface area contributed by atoms with E-state index in [9.17, 15) is 0 Å². The number of aromatic nitrogens is 3. The molecule has 0 bridgehead atoms. The molecule has 20 heavy (non-hydrogen) atoms. The predicted octanol–water partition coefficient (Wildman–Crippen LogP) is 3.63. The predicted molar refractivity (Wildman–Crippen MR) is 82.1 cm³/mol. The van der Waals surface area contributed by atoms with Gasteiger partial charge >= 0.3 is 0 Å². The molecule has 1 N–H and O–H groups in total. The van der Waals surface area contributed by atoms with Gasteiger partial charge in [-0.05, 0) is 24.8 Å². The van der Waals surface area contributed by atoms with Crippen molar-refractivity contribution in [2.24, 2.45) is 5.92 Å². The van der Waals surface area contributed by atoms with Gasteiger partial charge in [0, 0.05) is 24.4 Å². The minimum Gasteiger partial charge on any atom is -0.368 e. The fourth-order valence-electron chi connectivity index (χ4n) is 2.88. The normalized spacial score (nSPS) is 16.9. The first kappa shape index (κ1) is 13.4. The van der Waals surface area contributed by atoms with Crippen LogP contribution in [0, 0.1) is 5.92 Å². The van der Waals surface area contributed by atoms with Crippen LogP contribution in [0.5, 0.6) is 0 Å². The molecule has 1 saturated carbocycles. The average Bonchev–Trinajstić information content (AvgIpc) is 3.04. The summed E-state index contributed by atoms with van der Waals surface area (Å²) in [6, 6.07) is 2.16. The van der Waals surface area contributed by atoms with Crippen molar-refractivity contribution in [3.05, 3.63) is 24.2 Å². The Hall–Kier alpha value is -1.58. The van der Waals surface area contributed by atoms with Gasteiger partial charge in [-0.2, -0.15) is 5.10 Å². The van der Waals surface area contributed by atoms with E-state index in [1.165, 1.54) is 25.7 Å². The van der Waals surface area contributed by atoms with Gasteiger partial charge in [0.05, 0.1) is 5.69 Å². The third-order valence-electron chi connectivity index (χ3n) is 4.19. The van der Waals surface area contributed by atoms with Crippen LogP contribution in [0.3, 0.4) is 0 Å². The van der Waals surface area contributed by atoms with E-state index in [-0.39, 0.29) is 5.41 Å². The first-order valence-corrected chi connectivity index (χ1v) is 7.63. The van der Waals surface area contributed by atoms with Gasteiger partial charge in [-0.15, -0.1) is 0 Å². The van der Waals surface area contributed by atoms with Crippen LogP contribution in [-0.2, 0) is 5.41 Å². The lowest BCUT2D eigenvalue weighted by Crippen LogP contribution is -2.12. The van der Waals surface area contributed by atoms with Crippen LogP contribution in [0.15, 0.2) is 18.5 Å². The standard InChI is InChI=1S/C16H24N4/c1-16(2,3)14-10-13-15(17-8-9-20(13)19-14)18-11-12-6-4-5-7-12/h8-10,12H,4-7,11H2,1-3H3,(H,17,18). The lowest BCUT2D eigenvalue weighted by molar-refractivity contribution is 0.562. The number of hydrogen-bond acceptors (Lipinski definition) is 3. The summed E-state index contributed by atoms with van der Waals surface area (Å²) in [4.78, 5) is 4.49. The van der Waals surface area contributed by atoms with Gasteiger partial charge in [0.25, 0.3) is 0 Å². The first-order valence-electron chi connectivity index (χ1n) is 7.63. The maximum Gasteiger partial charge on any atom is 0.152 e. The molecular formula is C16H24N4. The molecule has 2 aromatic rings. The maximum atomic E-state index is 4.66. The molecule has 1 aliphatic carbocycles. The first-order chi connectivity index (χ1) is 9.54. The van der Waals surface area contributed by atoms with E-state index in [4.69, 9.17) is 0 Å². The second kappa shape index (κ2) is 5.08. The lowest BCUT2D eigenvalue weighted by Gasteiger charge is -2.13. The molecule has 0 aliphatic heterocycles. The van der Waals surface area contributed by atoms with Crippen LogP contribution in [0.25, 0.3) is 5.52 Å². The van der Waals surface area contributed by atoms with Crippen molar-refractivity contribution in [2.45, 2.75) is 51.9 Å². The number of hydrogen-bond donors (Lipinski definition) is 1. The molecule has 2 aromatic heterocycles. The van der Waals surface area contributed by atoms with Gasteiger partial charge < -0.3 is 5.32 Å². The molecule has 4 nitrogen and oxygen atoms in total. The molecule has 2 heterocycles. The third kappa shape index (κ3) is 2.65. The Bertz CT molecular complexity index is 588. The van der Waals surface area contributed by atoms with Crippen molar-refractivity contribution < 1.29 is 0 Å². The van der Waals surface area contributed by atoms with E-state index in [1.54, 1.807) is 0 Å². The zero-order chi connectivity index (χ0) is 14.2. The summed E-state index contributed by atoms with van der Waals surface area (Å²) in [6.45, 7) is 7.60. The molecule has 4 heteroatoms. The molecule has 0 amide bonds. The Labute approximate surface area is 120 Å². The zero-order valence-corrected chi connectivity index (χ0v) is 12.7. The van der Waals surface area contributed by atoms with Crippen molar-refractivity contribution in [2.75, 3.05) is 11.9 Å². The molecule has 1 aliphatic rings. The summed E-state index contributed by atoms with van der Waals surface area (Å²) in [6.07, 6.45) is 9.20. The fraction of sp³-hybridized carbons (Fsp3) is 0.625. The van der Waals surface area contributed by atoms with Crippen LogP contribution in [0.2, 0.25) is 0 Å². The second-order valence-corrected chi connectivity index (χ2v) is 6.92. The summed E-state index contributed by atoms with van der Waals surface area (Å²) in [5.74, 6) is 1.77. The van der Waals surface area contributed by atoms with Crippen LogP contribution in [-0.4, -0.2) is 21.1 Å². The van der Waals surface area contributed by atoms with Crippen molar-refractivity contribution in [3.63, 3.8) is 0 Å². The lowest BCUT2D eigenvalue weighted by atomic mass is 9.92. The topological polar surface area (TPSA) is 42.2 Å². The molecule has 3 rings (SSSR count). The second-order valence-electron chi connectivity index (χ2n) is 6.92. The van der Waals surface area contributed by atoms with Gasteiger partial charge in [-0.3, -0.25) is 0 Å². The van der Waals surface area contributed by atoms with E-state index in [1.807, 2.05) is 16.9 Å². The van der Waals surface area contributed by atoms with Crippen LogP contribution >= 0.6 is 0 Å². The summed E-state index contributed by atoms with van der Waals surface area (Å²) >= 11 is 0. The van der Waals surface area contributed by atoms with E-state index in [0.29, 0.717) is 0 Å². The molecular weight excluding hydrogens is 248 g/mol. The van der Waals surface area contributed by atoms with Crippen molar-refractivity contribution in [1.82, 2.24) is 14.6 Å². The smallest absolute Gasteiger partial charge is 0.152 e. The number of fused-ring (bicyclic) bond motifs is 1. The average molecular weight is 272 g/mol. The van der Waals surface area contributed by atoms with Crippen LogP contribution in [0.4, 0.5) is 5.82 Å². The van der Waals surface area contributed by atoms with E-state index >= 15 is 0 Å². The van der Waals surface area contributed by atoms with Crippen LogP contribution < -0.4 is 5.32 Å². The molecule has 0 atom stereocenters. The van der Waals surface area contributed by atoms with Crippen molar-refractivity contribution in [3.8, 4) is 0 Å². The highest BCUT2D eigenvalue weighted by Gasteiger charge is 2.20. The Balaban J connectivity index is 1.84. The third-order valence-corrected chi connectivity index (χ3v) is 4.19. The van der Waals surface area contributed by atoms with Gasteiger partial charge in [-0.1, -0.05) is 33.6 Å². The molecule has 0 spiro atoms. The highest BCUT2D eigenvalue weighted by Crippen LogP contribution is 2.27. The summed E-state index contributed by atoms with van der Waals surface area (Å²) in [5.41, 5.74) is 2.25. The Morgan fingerprint density at radius 2 is 2.05 bits per heavy atom. The Morgan fingerprint density at radius 3 is 2.75 bits per heavy atom. The Kier molecular flexibility index (Phi) is 3.40. The SMILES string of the molecule is CC(C)(C)c1cc2c(NCC3CCCC3)nccn2n1. The number of anilines is 1. The van der Waals surface area contributed by atoms with Crippen LogP contribution in [0.1, 0.15) is 52.1 Å². The summed E-state index contributed by atoms with van der Waals surface area (Å²) in [5, 5.41) is 8.18. The molecule has 1 fully saturated rings. The fourth-order valence-corrected chi connectivity index (χ4v) is 2.88. The molecule has 0 radical (unpaired) electrons. The highest BCUT2D eigenvalue weighted by atomic mass is 15.2. The summed E-state index contributed by atoms with van der Waals surface area (Å²) < 4.78 is 1.94. The minimum absolute atomic E-state index is 0.0642. The quantitative estimate of drug-likeness (QED) is 0.927. The Morgan fingerprint density at radius 1 is 1.30 bits per heavy atom. The van der Waals surface area contributed by atoms with E-state index in [0.717, 1.165) is 29.5 Å². The van der Waals surface area contributed by atoms with Crippen molar-refractivity contribution >= 4 is 11.3 Å². The highest BCUT2D eigenvalue weighted by molar-refractivity contribution is 5.68. The molecule has 0 unspecified atom stereocenters. The van der Waals surface area contributed by atoms with E-state index < -0.39 is 0 Å². The van der Waals surface area contributed by atoms with Crippen molar-refractivity contribution in [1.29, 1.82) is 0 Å². The largest absolute Gasteiger partial charge is 0.368 e. The van der Waals surface area contributed by atoms with Gasteiger partial charge in [0.15, 0.2) is 5.82 Å². The molecule has 108 valence electrons. The summed E-state index contributed by atoms with van der Waals surface area (Å²) in [7, 11) is 0.